The third-order valence-corrected chi connectivity index (χ3v) is 2.32. The van der Waals surface area contributed by atoms with Gasteiger partial charge in [-0.3, -0.25) is 4.98 Å². The number of halogens is 1. The van der Waals surface area contributed by atoms with E-state index >= 15 is 0 Å². The predicted molar refractivity (Wildman–Crippen MR) is 62.0 cm³/mol. The lowest BCUT2D eigenvalue weighted by Crippen LogP contribution is -1.98. The second kappa shape index (κ2) is 4.35. The lowest BCUT2D eigenvalue weighted by molar-refractivity contribution is 1.14. The van der Waals surface area contributed by atoms with E-state index in [2.05, 4.69) is 36.2 Å². The molecule has 0 radical (unpaired) electrons. The summed E-state index contributed by atoms with van der Waals surface area (Å²) in [5, 5.41) is 3.09. The maximum atomic E-state index is 4.12. The summed E-state index contributed by atoms with van der Waals surface area (Å²) in [6.45, 7) is 2.00. The molecular weight excluding hydrogens is 256 g/mol. The van der Waals surface area contributed by atoms with Crippen LogP contribution in [-0.2, 0) is 0 Å². The lowest BCUT2D eigenvalue weighted by Gasteiger charge is -2.06. The Hall–Kier alpha value is -1.49. The molecule has 0 aliphatic heterocycles. The van der Waals surface area contributed by atoms with Crippen molar-refractivity contribution in [1.29, 1.82) is 0 Å². The first-order valence-corrected chi connectivity index (χ1v) is 5.20. The number of anilines is 2. The minimum atomic E-state index is 0.564. The Balaban J connectivity index is 2.22. The van der Waals surface area contributed by atoms with Gasteiger partial charge in [-0.05, 0) is 34.5 Å². The van der Waals surface area contributed by atoms with E-state index in [4.69, 9.17) is 0 Å². The predicted octanol–water partition coefficient (Wildman–Crippen LogP) is 2.69. The van der Waals surface area contributed by atoms with Crippen molar-refractivity contribution in [3.05, 3.63) is 40.9 Å². The first-order valence-electron chi connectivity index (χ1n) is 4.41. The molecule has 2 rings (SSSR count). The molecule has 1 N–H and O–H groups in total. The summed E-state index contributed by atoms with van der Waals surface area (Å²) in [6.07, 6.45) is 6.89. The van der Waals surface area contributed by atoms with Crippen LogP contribution in [0.5, 0.6) is 0 Å². The third-order valence-electron chi connectivity index (χ3n) is 1.91. The van der Waals surface area contributed by atoms with Crippen molar-refractivity contribution < 1.29 is 0 Å². The van der Waals surface area contributed by atoms with Gasteiger partial charge in [-0.1, -0.05) is 0 Å². The van der Waals surface area contributed by atoms with Crippen molar-refractivity contribution in [1.82, 2.24) is 15.0 Å². The molecule has 0 saturated carbocycles. The van der Waals surface area contributed by atoms with E-state index in [9.17, 15) is 0 Å². The number of nitrogens with zero attached hydrogens (tertiary/aromatic N) is 3. The molecule has 76 valence electrons. The SMILES string of the molecule is Cc1ccncc1Nc1ncc(Br)cn1. The van der Waals surface area contributed by atoms with Gasteiger partial charge in [0.05, 0.1) is 16.4 Å². The summed E-state index contributed by atoms with van der Waals surface area (Å²) < 4.78 is 0.857. The average Bonchev–Trinajstić information content (AvgIpc) is 2.25. The van der Waals surface area contributed by atoms with Crippen molar-refractivity contribution in [2.75, 3.05) is 5.32 Å². The van der Waals surface area contributed by atoms with Gasteiger partial charge >= 0.3 is 0 Å². The molecule has 0 amide bonds. The van der Waals surface area contributed by atoms with Gasteiger partial charge in [0.15, 0.2) is 0 Å². The van der Waals surface area contributed by atoms with Crippen molar-refractivity contribution in [3.63, 3.8) is 0 Å². The Labute approximate surface area is 95.9 Å². The van der Waals surface area contributed by atoms with Crippen molar-refractivity contribution >= 4 is 27.6 Å². The zero-order valence-electron chi connectivity index (χ0n) is 8.11. The van der Waals surface area contributed by atoms with Crippen LogP contribution in [0, 0.1) is 6.92 Å². The molecule has 0 spiro atoms. The van der Waals surface area contributed by atoms with E-state index in [-0.39, 0.29) is 0 Å². The van der Waals surface area contributed by atoms with Crippen LogP contribution < -0.4 is 5.32 Å². The van der Waals surface area contributed by atoms with E-state index < -0.39 is 0 Å². The summed E-state index contributed by atoms with van der Waals surface area (Å²) in [4.78, 5) is 12.3. The highest BCUT2D eigenvalue weighted by atomic mass is 79.9. The zero-order valence-corrected chi connectivity index (χ0v) is 9.69. The fraction of sp³-hybridized carbons (Fsp3) is 0.100. The minimum Gasteiger partial charge on any atom is -0.323 e. The second-order valence-corrected chi connectivity index (χ2v) is 3.96. The zero-order chi connectivity index (χ0) is 10.7. The number of hydrogen-bond donors (Lipinski definition) is 1. The summed E-state index contributed by atoms with van der Waals surface area (Å²) in [5.74, 6) is 0.564. The first-order chi connectivity index (χ1) is 7.25. The van der Waals surface area contributed by atoms with Gasteiger partial charge in [0.1, 0.15) is 0 Å². The fourth-order valence-electron chi connectivity index (χ4n) is 1.09. The molecule has 0 aromatic carbocycles. The summed E-state index contributed by atoms with van der Waals surface area (Å²) in [5.41, 5.74) is 2.02. The first kappa shape index (κ1) is 10.0. The quantitative estimate of drug-likeness (QED) is 0.906. The second-order valence-electron chi connectivity index (χ2n) is 3.04. The van der Waals surface area contributed by atoms with Gasteiger partial charge in [0.2, 0.25) is 5.95 Å². The number of nitrogens with one attached hydrogen (secondary N) is 1. The van der Waals surface area contributed by atoms with Crippen LogP contribution in [0.15, 0.2) is 35.3 Å². The maximum absolute atomic E-state index is 4.12. The van der Waals surface area contributed by atoms with Crippen molar-refractivity contribution in [2.45, 2.75) is 6.92 Å². The topological polar surface area (TPSA) is 50.7 Å². The average molecular weight is 265 g/mol. The van der Waals surface area contributed by atoms with Gasteiger partial charge in [0.25, 0.3) is 0 Å². The Morgan fingerprint density at radius 2 is 1.93 bits per heavy atom. The molecule has 5 heteroatoms. The Bertz CT molecular complexity index is 455. The van der Waals surface area contributed by atoms with E-state index in [0.29, 0.717) is 5.95 Å². The smallest absolute Gasteiger partial charge is 0.227 e. The highest BCUT2D eigenvalue weighted by Crippen LogP contribution is 2.16. The molecule has 0 bridgehead atoms. The number of pyridine rings is 1. The molecule has 0 saturated heterocycles. The van der Waals surface area contributed by atoms with Crippen LogP contribution >= 0.6 is 15.9 Å². The molecular formula is C10H9BrN4. The lowest BCUT2D eigenvalue weighted by atomic mass is 10.2. The Morgan fingerprint density at radius 1 is 1.20 bits per heavy atom. The summed E-state index contributed by atoms with van der Waals surface area (Å²) in [6, 6.07) is 1.93. The summed E-state index contributed by atoms with van der Waals surface area (Å²) >= 11 is 3.28. The number of rotatable bonds is 2. The van der Waals surface area contributed by atoms with Crippen LogP contribution in [0.3, 0.4) is 0 Å². The van der Waals surface area contributed by atoms with E-state index in [1.807, 2.05) is 13.0 Å². The summed E-state index contributed by atoms with van der Waals surface area (Å²) in [7, 11) is 0. The molecule has 15 heavy (non-hydrogen) atoms. The molecule has 0 aliphatic rings. The third kappa shape index (κ3) is 2.50. The van der Waals surface area contributed by atoms with Gasteiger partial charge in [-0.25, -0.2) is 9.97 Å². The molecule has 0 fully saturated rings. The largest absolute Gasteiger partial charge is 0.323 e. The molecule has 0 unspecified atom stereocenters. The molecule has 0 aliphatic carbocycles. The highest BCUT2D eigenvalue weighted by molar-refractivity contribution is 9.10. The van der Waals surface area contributed by atoms with Crippen molar-refractivity contribution in [3.8, 4) is 0 Å². The van der Waals surface area contributed by atoms with Crippen LogP contribution in [0.2, 0.25) is 0 Å². The van der Waals surface area contributed by atoms with Crippen LogP contribution in [0.1, 0.15) is 5.56 Å². The molecule has 4 nitrogen and oxygen atoms in total. The Morgan fingerprint density at radius 3 is 2.60 bits per heavy atom. The minimum absolute atomic E-state index is 0.564. The van der Waals surface area contributed by atoms with E-state index in [1.165, 1.54) is 0 Å². The molecule has 2 aromatic heterocycles. The monoisotopic (exact) mass is 264 g/mol. The number of hydrogen-bond acceptors (Lipinski definition) is 4. The molecule has 0 atom stereocenters. The van der Waals surface area contributed by atoms with Gasteiger partial charge in [-0.15, -0.1) is 0 Å². The van der Waals surface area contributed by atoms with E-state index in [1.54, 1.807) is 24.8 Å². The molecule has 2 aromatic rings. The van der Waals surface area contributed by atoms with Gasteiger partial charge in [-0.2, -0.15) is 0 Å². The maximum Gasteiger partial charge on any atom is 0.227 e. The van der Waals surface area contributed by atoms with E-state index in [0.717, 1.165) is 15.7 Å². The number of aromatic nitrogens is 3. The molecule has 2 heterocycles. The number of aryl methyl sites for hydroxylation is 1. The standard InChI is InChI=1S/C10H9BrN4/c1-7-2-3-12-6-9(7)15-10-13-4-8(11)5-14-10/h2-6H,1H3,(H,13,14,15). The normalized spacial score (nSPS) is 10.0. The van der Waals surface area contributed by atoms with Gasteiger partial charge in [0, 0.05) is 18.6 Å². The van der Waals surface area contributed by atoms with Gasteiger partial charge < -0.3 is 5.32 Å². The van der Waals surface area contributed by atoms with Crippen LogP contribution in [0.4, 0.5) is 11.6 Å². The fourth-order valence-corrected chi connectivity index (χ4v) is 1.30. The van der Waals surface area contributed by atoms with Crippen LogP contribution in [-0.4, -0.2) is 15.0 Å². The highest BCUT2D eigenvalue weighted by Gasteiger charge is 2.00. The Kier molecular flexibility index (Phi) is 2.91. The van der Waals surface area contributed by atoms with Crippen LogP contribution in [0.25, 0.3) is 0 Å². The van der Waals surface area contributed by atoms with Crippen molar-refractivity contribution in [2.24, 2.45) is 0 Å².